The lowest BCUT2D eigenvalue weighted by Gasteiger charge is -2.18. The molecule has 6 aromatic heterocycles. The van der Waals surface area contributed by atoms with Gasteiger partial charge in [-0.25, -0.2) is 24.7 Å². The lowest BCUT2D eigenvalue weighted by Crippen LogP contribution is -2.37. The zero-order valence-corrected chi connectivity index (χ0v) is 30.8. The number of hydrogen-bond acceptors (Lipinski definition) is 11. The number of H-pyrrole nitrogens is 2. The van der Waals surface area contributed by atoms with Gasteiger partial charge in [-0.15, -0.1) is 0 Å². The average molecular weight is 797 g/mol. The smallest absolute Gasteiger partial charge is 0.373 e. The number of aromatic nitrogens is 10. The molecule has 1 amide bonds. The number of rotatable bonds is 7. The molecule has 0 unspecified atom stereocenters. The number of benzene rings is 2. The number of fused-ring (bicyclic) bond motifs is 2. The molecule has 10 rings (SSSR count). The van der Waals surface area contributed by atoms with E-state index in [-0.39, 0.29) is 38.5 Å². The van der Waals surface area contributed by atoms with Gasteiger partial charge < -0.3 is 34.8 Å². The molecule has 2 aliphatic heterocycles. The number of carboxylic acid groups (broad SMARTS) is 1. The van der Waals surface area contributed by atoms with Crippen LogP contribution in [0.3, 0.4) is 0 Å². The Morgan fingerprint density at radius 1 is 0.661 bits per heavy atom. The van der Waals surface area contributed by atoms with Crippen LogP contribution in [0.5, 0.6) is 0 Å². The molecule has 17 nitrogen and oxygen atoms in total. The van der Waals surface area contributed by atoms with Gasteiger partial charge in [-0.3, -0.25) is 15.0 Å². The summed E-state index contributed by atoms with van der Waals surface area (Å²) in [7, 11) is 0. The molecule has 0 aliphatic carbocycles. The highest BCUT2D eigenvalue weighted by Crippen LogP contribution is 2.24. The van der Waals surface area contributed by atoms with Gasteiger partial charge in [0.05, 0.1) is 11.0 Å². The van der Waals surface area contributed by atoms with Crippen molar-refractivity contribution in [2.45, 2.75) is 39.8 Å². The molecule has 8 aromatic rings. The number of amides is 1. The standard InChI is InChI=1S/C20H19N7O.C11H14N4.C9H7N3O2.2CH4/c28-20(18-23-17(24-25-18)14-5-2-1-3-6-14)22-15-8-11-27(13-15)19-16-7-4-10-26(16)12-9-21-19;12-9-3-6-15(8-9)11-10-2-1-5-14(10)7-4-13-11;13-9(14)8-10-7(11-12-8)6-4-2-1-3-5-6;;/h1-7,9-10,12,15H,8,11,13H2,(H,22,28)(H,23,24,25);1-2,4-5,7,9H,3,6,8,12H2;1-5H,(H,13,14)(H,10,11,12);2*1H4/t15-;9-;;;/m00.../s1. The summed E-state index contributed by atoms with van der Waals surface area (Å²) in [6.07, 6.45) is 13.5. The molecule has 6 N–H and O–H groups in total. The highest BCUT2D eigenvalue weighted by molar-refractivity contribution is 5.91. The van der Waals surface area contributed by atoms with Crippen molar-refractivity contribution in [1.82, 2.24) is 54.4 Å². The van der Waals surface area contributed by atoms with E-state index in [4.69, 9.17) is 10.8 Å². The molecule has 0 saturated carbocycles. The van der Waals surface area contributed by atoms with Crippen LogP contribution >= 0.6 is 0 Å². The summed E-state index contributed by atoms with van der Waals surface area (Å²) in [5.74, 6) is 1.62. The number of anilines is 2. The third kappa shape index (κ3) is 9.43. The van der Waals surface area contributed by atoms with Crippen molar-refractivity contribution in [3.63, 3.8) is 0 Å². The summed E-state index contributed by atoms with van der Waals surface area (Å²) in [6.45, 7) is 3.48. The maximum absolute atomic E-state index is 12.6. The molecule has 2 fully saturated rings. The van der Waals surface area contributed by atoms with Crippen molar-refractivity contribution >= 4 is 34.5 Å². The number of nitrogens with one attached hydrogen (secondary N) is 3. The minimum atomic E-state index is -1.11. The molecule has 2 aromatic carbocycles. The summed E-state index contributed by atoms with van der Waals surface area (Å²) < 4.78 is 4.14. The fourth-order valence-electron chi connectivity index (χ4n) is 6.85. The Kier molecular flexibility index (Phi) is 13.1. The molecule has 17 heteroatoms. The fourth-order valence-corrected chi connectivity index (χ4v) is 6.85. The summed E-state index contributed by atoms with van der Waals surface area (Å²) >= 11 is 0. The first-order valence-electron chi connectivity index (χ1n) is 18.5. The Morgan fingerprint density at radius 3 is 1.68 bits per heavy atom. The van der Waals surface area contributed by atoms with Crippen LogP contribution in [0.1, 0.15) is 48.9 Å². The fraction of sp³-hybridized carbons (Fsp3) is 0.238. The van der Waals surface area contributed by atoms with Crippen LogP contribution in [0.25, 0.3) is 33.8 Å². The van der Waals surface area contributed by atoms with Crippen molar-refractivity contribution < 1.29 is 14.7 Å². The zero-order valence-electron chi connectivity index (χ0n) is 30.8. The first-order chi connectivity index (χ1) is 27.9. The van der Waals surface area contributed by atoms with Crippen LogP contribution in [-0.4, -0.2) is 104 Å². The normalized spacial score (nSPS) is 15.7. The van der Waals surface area contributed by atoms with E-state index in [0.717, 1.165) is 66.3 Å². The second-order valence-corrected chi connectivity index (χ2v) is 13.6. The lowest BCUT2D eigenvalue weighted by molar-refractivity contribution is 0.0683. The molecular weight excluding hydrogens is 749 g/mol. The molecule has 0 bridgehead atoms. The first-order valence-corrected chi connectivity index (χ1v) is 18.5. The topological polar surface area (TPSA) is 217 Å². The van der Waals surface area contributed by atoms with Gasteiger partial charge in [0.25, 0.3) is 5.91 Å². The number of nitrogens with zero attached hydrogens (tertiary/aromatic N) is 10. The highest BCUT2D eigenvalue weighted by atomic mass is 16.4. The molecule has 2 saturated heterocycles. The average Bonchev–Trinajstić information content (AvgIpc) is 4.10. The third-order valence-corrected chi connectivity index (χ3v) is 9.66. The van der Waals surface area contributed by atoms with Crippen molar-refractivity contribution in [2.24, 2.45) is 5.73 Å². The number of carboxylic acids is 1. The largest absolute Gasteiger partial charge is 0.475 e. The zero-order chi connectivity index (χ0) is 39.1. The van der Waals surface area contributed by atoms with E-state index in [1.807, 2.05) is 114 Å². The lowest BCUT2D eigenvalue weighted by atomic mass is 10.2. The second kappa shape index (κ2) is 18.7. The van der Waals surface area contributed by atoms with E-state index in [1.165, 1.54) is 0 Å². The summed E-state index contributed by atoms with van der Waals surface area (Å²) in [5, 5.41) is 24.7. The summed E-state index contributed by atoms with van der Waals surface area (Å²) in [4.78, 5) is 44.7. The van der Waals surface area contributed by atoms with Gasteiger partial charge in [0.2, 0.25) is 11.6 Å². The van der Waals surface area contributed by atoms with Crippen molar-refractivity contribution in [2.75, 3.05) is 36.0 Å². The van der Waals surface area contributed by atoms with E-state index in [1.54, 1.807) is 6.20 Å². The van der Waals surface area contributed by atoms with Gasteiger partial charge in [0.15, 0.2) is 23.3 Å². The van der Waals surface area contributed by atoms with Crippen molar-refractivity contribution in [1.29, 1.82) is 0 Å². The maximum atomic E-state index is 12.6. The van der Waals surface area contributed by atoms with Crippen LogP contribution in [0, 0.1) is 0 Å². The van der Waals surface area contributed by atoms with E-state index < -0.39 is 5.97 Å². The molecule has 304 valence electrons. The van der Waals surface area contributed by atoms with Crippen molar-refractivity contribution in [3.8, 4) is 22.8 Å². The van der Waals surface area contributed by atoms with Gasteiger partial charge >= 0.3 is 5.97 Å². The number of aromatic amines is 2. The number of carbonyl (C=O) groups excluding carboxylic acids is 1. The molecular formula is C42H48N14O3. The predicted octanol–water partition coefficient (Wildman–Crippen LogP) is 5.44. The molecule has 0 spiro atoms. The van der Waals surface area contributed by atoms with Gasteiger partial charge in [-0.2, -0.15) is 10.2 Å². The van der Waals surface area contributed by atoms with Crippen LogP contribution in [0.2, 0.25) is 0 Å². The van der Waals surface area contributed by atoms with Gasteiger partial charge in [-0.05, 0) is 37.1 Å². The summed E-state index contributed by atoms with van der Waals surface area (Å²) in [5.41, 5.74) is 9.79. The minimum Gasteiger partial charge on any atom is -0.475 e. The maximum Gasteiger partial charge on any atom is 0.373 e. The third-order valence-electron chi connectivity index (χ3n) is 9.66. The van der Waals surface area contributed by atoms with Gasteiger partial charge in [-0.1, -0.05) is 75.5 Å². The van der Waals surface area contributed by atoms with Crippen LogP contribution < -0.4 is 20.9 Å². The number of nitrogens with two attached hydrogens (primary N) is 1. The van der Waals surface area contributed by atoms with Crippen molar-refractivity contribution in [3.05, 3.63) is 134 Å². The van der Waals surface area contributed by atoms with Crippen LogP contribution in [-0.2, 0) is 0 Å². The Balaban J connectivity index is 0.000000160. The van der Waals surface area contributed by atoms with Crippen LogP contribution in [0.4, 0.5) is 11.6 Å². The van der Waals surface area contributed by atoms with E-state index in [2.05, 4.69) is 65.9 Å². The number of hydrogen-bond donors (Lipinski definition) is 5. The highest BCUT2D eigenvalue weighted by Gasteiger charge is 2.27. The Bertz CT molecular complexity index is 2580. The van der Waals surface area contributed by atoms with E-state index in [0.29, 0.717) is 24.2 Å². The molecule has 59 heavy (non-hydrogen) atoms. The Hall–Kier alpha value is -7.40. The van der Waals surface area contributed by atoms with E-state index in [9.17, 15) is 9.59 Å². The predicted molar refractivity (Wildman–Crippen MR) is 227 cm³/mol. The number of carbonyl (C=O) groups is 2. The van der Waals surface area contributed by atoms with Crippen LogP contribution in [0.15, 0.2) is 122 Å². The first kappa shape index (κ1) is 41.2. The minimum absolute atomic E-state index is 0. The summed E-state index contributed by atoms with van der Waals surface area (Å²) in [6, 6.07) is 27.3. The monoisotopic (exact) mass is 796 g/mol. The second-order valence-electron chi connectivity index (χ2n) is 13.6. The van der Waals surface area contributed by atoms with Gasteiger partial charge in [0, 0.05) is 86.6 Å². The van der Waals surface area contributed by atoms with E-state index >= 15 is 0 Å². The Morgan fingerprint density at radius 2 is 1.17 bits per heavy atom. The van der Waals surface area contributed by atoms with Gasteiger partial charge in [0.1, 0.15) is 0 Å². The number of aromatic carboxylic acids is 1. The SMILES string of the molecule is C.C.N[C@H]1CCN(c2nccn3cccc23)C1.O=C(N[C@H]1CCN(c2nccn3cccc23)C1)c1nc(-c2ccccc2)n[nH]1.O=C(O)c1nc(-c2ccccc2)n[nH]1. The molecule has 2 atom stereocenters. The Labute approximate surface area is 341 Å². The molecule has 2 aliphatic rings. The quantitative estimate of drug-likeness (QED) is 0.136. The molecule has 8 heterocycles. The molecule has 0 radical (unpaired) electrons.